The Hall–Kier alpha value is -2.06. The Labute approximate surface area is 119 Å². The minimum atomic E-state index is -3.92. The summed E-state index contributed by atoms with van der Waals surface area (Å²) in [6, 6.07) is 5.53. The average molecular weight is 316 g/mol. The van der Waals surface area contributed by atoms with Gasteiger partial charge >= 0.3 is 0 Å². The maximum absolute atomic E-state index is 11.8. The van der Waals surface area contributed by atoms with Crippen molar-refractivity contribution in [3.63, 3.8) is 0 Å². The number of aromatic nitrogens is 2. The van der Waals surface area contributed by atoms with E-state index in [0.29, 0.717) is 5.69 Å². The van der Waals surface area contributed by atoms with Gasteiger partial charge in [-0.3, -0.25) is 9.89 Å². The number of benzene rings is 1. The van der Waals surface area contributed by atoms with Crippen LogP contribution in [0.1, 0.15) is 10.5 Å². The van der Waals surface area contributed by atoms with Crippen LogP contribution < -0.4 is 10.1 Å². The zero-order chi connectivity index (χ0) is 14.8. The third-order valence-corrected chi connectivity index (χ3v) is 3.79. The highest BCUT2D eigenvalue weighted by atomic mass is 35.7. The Morgan fingerprint density at radius 2 is 2.15 bits per heavy atom. The topological polar surface area (TPSA) is 101 Å². The predicted octanol–water partition coefficient (Wildman–Crippen LogP) is 1.60. The summed E-state index contributed by atoms with van der Waals surface area (Å²) in [7, 11) is 2.66. The molecule has 0 aliphatic carbocycles. The molecule has 0 saturated heterocycles. The molecule has 0 aliphatic heterocycles. The Balaban J connectivity index is 2.29. The van der Waals surface area contributed by atoms with Crippen molar-refractivity contribution >= 4 is 31.3 Å². The fourth-order valence-electron chi connectivity index (χ4n) is 1.53. The second-order valence-electron chi connectivity index (χ2n) is 3.73. The van der Waals surface area contributed by atoms with Gasteiger partial charge in [0.05, 0.1) is 7.11 Å². The lowest BCUT2D eigenvalue weighted by molar-refractivity contribution is 0.102. The Morgan fingerprint density at radius 3 is 2.70 bits per heavy atom. The van der Waals surface area contributed by atoms with E-state index in [4.69, 9.17) is 15.4 Å². The van der Waals surface area contributed by atoms with Crippen LogP contribution in [0.25, 0.3) is 0 Å². The van der Waals surface area contributed by atoms with Gasteiger partial charge in [-0.15, -0.1) is 0 Å². The second kappa shape index (κ2) is 5.51. The summed E-state index contributed by atoms with van der Waals surface area (Å²) in [5, 5.41) is 8.74. The first-order valence-corrected chi connectivity index (χ1v) is 7.66. The first-order valence-electron chi connectivity index (χ1n) is 5.35. The standard InChI is InChI=1S/C11H10ClN3O4S/c1-19-9-6-7(2-3-10(9)20(12,17)18)14-11(16)8-4-5-13-15-8/h2-6H,1H3,(H,13,15)(H,14,16). The summed E-state index contributed by atoms with van der Waals surface area (Å²) >= 11 is 0. The lowest BCUT2D eigenvalue weighted by atomic mass is 10.3. The van der Waals surface area contributed by atoms with Gasteiger partial charge < -0.3 is 10.1 Å². The summed E-state index contributed by atoms with van der Waals surface area (Å²) in [5.74, 6) is -0.367. The summed E-state index contributed by atoms with van der Waals surface area (Å²) in [6.45, 7) is 0. The van der Waals surface area contributed by atoms with Crippen LogP contribution >= 0.6 is 10.7 Å². The molecule has 0 spiro atoms. The number of aromatic amines is 1. The largest absolute Gasteiger partial charge is 0.495 e. The number of carbonyl (C=O) groups is 1. The van der Waals surface area contributed by atoms with E-state index in [1.807, 2.05) is 0 Å². The quantitative estimate of drug-likeness (QED) is 0.834. The number of hydrogen-bond donors (Lipinski definition) is 2. The molecule has 0 radical (unpaired) electrons. The molecule has 0 saturated carbocycles. The molecular weight excluding hydrogens is 306 g/mol. The summed E-state index contributed by atoms with van der Waals surface area (Å²) < 4.78 is 27.6. The van der Waals surface area contributed by atoms with Crippen molar-refractivity contribution in [3.05, 3.63) is 36.2 Å². The Bertz CT molecular complexity index is 728. The van der Waals surface area contributed by atoms with E-state index < -0.39 is 15.0 Å². The van der Waals surface area contributed by atoms with E-state index >= 15 is 0 Å². The van der Waals surface area contributed by atoms with Crippen LogP contribution in [0.15, 0.2) is 35.4 Å². The average Bonchev–Trinajstić information content (AvgIpc) is 2.91. The number of methoxy groups -OCH3 is 1. The van der Waals surface area contributed by atoms with Gasteiger partial charge in [-0.25, -0.2) is 8.42 Å². The third-order valence-electron chi connectivity index (χ3n) is 2.43. The van der Waals surface area contributed by atoms with Gasteiger partial charge in [-0.2, -0.15) is 5.10 Å². The lowest BCUT2D eigenvalue weighted by Crippen LogP contribution is -2.12. The normalized spacial score (nSPS) is 11.1. The second-order valence-corrected chi connectivity index (χ2v) is 6.26. The number of hydrogen-bond acceptors (Lipinski definition) is 5. The number of nitrogens with zero attached hydrogens (tertiary/aromatic N) is 1. The van der Waals surface area contributed by atoms with Crippen molar-refractivity contribution in [2.24, 2.45) is 0 Å². The molecule has 9 heteroatoms. The number of nitrogens with one attached hydrogen (secondary N) is 2. The number of amides is 1. The molecule has 20 heavy (non-hydrogen) atoms. The zero-order valence-electron chi connectivity index (χ0n) is 10.3. The number of halogens is 1. The molecule has 0 bridgehead atoms. The predicted molar refractivity (Wildman–Crippen MR) is 72.6 cm³/mol. The number of carbonyl (C=O) groups excluding carboxylic acids is 1. The van der Waals surface area contributed by atoms with E-state index in [1.165, 1.54) is 37.6 Å². The van der Waals surface area contributed by atoms with Crippen molar-refractivity contribution in [2.75, 3.05) is 12.4 Å². The van der Waals surface area contributed by atoms with Gasteiger partial charge in [-0.1, -0.05) is 0 Å². The van der Waals surface area contributed by atoms with Crippen LogP contribution in [0.3, 0.4) is 0 Å². The van der Waals surface area contributed by atoms with E-state index in [0.717, 1.165) is 0 Å². The summed E-state index contributed by atoms with van der Waals surface area (Å²) in [4.78, 5) is 11.6. The summed E-state index contributed by atoms with van der Waals surface area (Å²) in [5.41, 5.74) is 0.642. The monoisotopic (exact) mass is 315 g/mol. The van der Waals surface area contributed by atoms with E-state index in [1.54, 1.807) is 0 Å². The Morgan fingerprint density at radius 1 is 1.40 bits per heavy atom. The third kappa shape index (κ3) is 3.09. The smallest absolute Gasteiger partial charge is 0.273 e. The van der Waals surface area contributed by atoms with E-state index in [2.05, 4.69) is 15.5 Å². The fraction of sp³-hybridized carbons (Fsp3) is 0.0909. The van der Waals surface area contributed by atoms with Crippen LogP contribution in [0, 0.1) is 0 Å². The van der Waals surface area contributed by atoms with Crippen LogP contribution in [0.5, 0.6) is 5.75 Å². The van der Waals surface area contributed by atoms with Crippen LogP contribution in [0.2, 0.25) is 0 Å². The number of H-pyrrole nitrogens is 1. The Kier molecular flexibility index (Phi) is 3.96. The van der Waals surface area contributed by atoms with Gasteiger partial charge in [0.15, 0.2) is 0 Å². The van der Waals surface area contributed by atoms with Gasteiger partial charge in [0.25, 0.3) is 15.0 Å². The molecule has 1 aromatic heterocycles. The van der Waals surface area contributed by atoms with Crippen molar-refractivity contribution in [1.29, 1.82) is 0 Å². The van der Waals surface area contributed by atoms with Crippen LogP contribution in [-0.2, 0) is 9.05 Å². The molecule has 1 amide bonds. The molecule has 1 heterocycles. The van der Waals surface area contributed by atoms with E-state index in [9.17, 15) is 13.2 Å². The number of ether oxygens (including phenoxy) is 1. The maximum atomic E-state index is 11.8. The molecule has 2 N–H and O–H groups in total. The minimum absolute atomic E-state index is 0.0439. The minimum Gasteiger partial charge on any atom is -0.495 e. The molecule has 2 rings (SSSR count). The zero-order valence-corrected chi connectivity index (χ0v) is 11.8. The molecule has 1 aromatic carbocycles. The molecule has 0 fully saturated rings. The van der Waals surface area contributed by atoms with E-state index in [-0.39, 0.29) is 16.3 Å². The van der Waals surface area contributed by atoms with Crippen molar-refractivity contribution in [3.8, 4) is 5.75 Å². The van der Waals surface area contributed by atoms with Crippen LogP contribution in [-0.4, -0.2) is 31.6 Å². The first kappa shape index (κ1) is 14.4. The van der Waals surface area contributed by atoms with Crippen molar-refractivity contribution in [2.45, 2.75) is 4.90 Å². The molecule has 0 atom stereocenters. The van der Waals surface area contributed by atoms with Crippen LogP contribution in [0.4, 0.5) is 5.69 Å². The lowest BCUT2D eigenvalue weighted by Gasteiger charge is -2.09. The first-order chi connectivity index (χ1) is 9.41. The molecule has 7 nitrogen and oxygen atoms in total. The summed E-state index contributed by atoms with van der Waals surface area (Å²) in [6.07, 6.45) is 1.44. The highest BCUT2D eigenvalue weighted by molar-refractivity contribution is 8.13. The number of rotatable bonds is 4. The molecular formula is C11H10ClN3O4S. The molecule has 106 valence electrons. The molecule has 2 aromatic rings. The highest BCUT2D eigenvalue weighted by Gasteiger charge is 2.17. The van der Waals surface area contributed by atoms with Crippen molar-refractivity contribution in [1.82, 2.24) is 10.2 Å². The van der Waals surface area contributed by atoms with Crippen molar-refractivity contribution < 1.29 is 17.9 Å². The SMILES string of the molecule is COc1cc(NC(=O)c2ccn[nH]2)ccc1S(=O)(=O)Cl. The molecule has 0 unspecified atom stereocenters. The highest BCUT2D eigenvalue weighted by Crippen LogP contribution is 2.29. The van der Waals surface area contributed by atoms with Gasteiger partial charge in [0.2, 0.25) is 0 Å². The molecule has 0 aliphatic rings. The van der Waals surface area contributed by atoms with Gasteiger partial charge in [0.1, 0.15) is 16.3 Å². The van der Waals surface area contributed by atoms with Gasteiger partial charge in [0, 0.05) is 28.6 Å². The fourth-order valence-corrected chi connectivity index (χ4v) is 2.52. The van der Waals surface area contributed by atoms with Gasteiger partial charge in [-0.05, 0) is 18.2 Å². The maximum Gasteiger partial charge on any atom is 0.273 e. The number of anilines is 1.